The molecule has 0 aliphatic heterocycles. The minimum Gasteiger partial charge on any atom is -0.496 e. The van der Waals surface area contributed by atoms with Crippen molar-refractivity contribution in [3.05, 3.63) is 30.1 Å². The van der Waals surface area contributed by atoms with Gasteiger partial charge in [0.25, 0.3) is 0 Å². The molecule has 76 valence electrons. The van der Waals surface area contributed by atoms with Gasteiger partial charge in [-0.25, -0.2) is 0 Å². The number of hydrogen-bond donors (Lipinski definition) is 0. The Bertz CT molecular complexity index is 458. The predicted molar refractivity (Wildman–Crippen MR) is 54.3 cm³/mol. The van der Waals surface area contributed by atoms with Crippen LogP contribution in [0.15, 0.2) is 24.5 Å². The van der Waals surface area contributed by atoms with Crippen molar-refractivity contribution in [2.24, 2.45) is 0 Å². The Kier molecular flexibility index (Phi) is 2.53. The van der Waals surface area contributed by atoms with Crippen LogP contribution in [0, 0.1) is 6.92 Å². The standard InChI is InChI=1S/C10H10N4O/c1-7-5-8(3-4-9(7)15-2)10-13-11-6-12-14-10/h3-6H,1-2H3. The van der Waals surface area contributed by atoms with E-state index in [0.29, 0.717) is 5.82 Å². The van der Waals surface area contributed by atoms with E-state index in [1.54, 1.807) is 7.11 Å². The molecule has 1 heterocycles. The van der Waals surface area contributed by atoms with Gasteiger partial charge in [-0.1, -0.05) is 0 Å². The van der Waals surface area contributed by atoms with Gasteiger partial charge in [-0.15, -0.1) is 20.4 Å². The molecule has 5 heteroatoms. The SMILES string of the molecule is COc1ccc(-c2nncnn2)cc1C. The molecule has 0 aliphatic carbocycles. The van der Waals surface area contributed by atoms with Crippen LogP contribution in [0.3, 0.4) is 0 Å². The average Bonchev–Trinajstić information content (AvgIpc) is 2.30. The summed E-state index contributed by atoms with van der Waals surface area (Å²) in [6.07, 6.45) is 1.31. The maximum absolute atomic E-state index is 5.16. The zero-order valence-electron chi connectivity index (χ0n) is 8.51. The number of aromatic nitrogens is 4. The normalized spacial score (nSPS) is 10.0. The zero-order chi connectivity index (χ0) is 10.7. The van der Waals surface area contributed by atoms with Crippen LogP contribution in [0.1, 0.15) is 5.56 Å². The van der Waals surface area contributed by atoms with Gasteiger partial charge in [0, 0.05) is 5.56 Å². The van der Waals surface area contributed by atoms with Gasteiger partial charge >= 0.3 is 0 Å². The fraction of sp³-hybridized carbons (Fsp3) is 0.200. The van der Waals surface area contributed by atoms with Crippen LogP contribution in [0.4, 0.5) is 0 Å². The Hall–Kier alpha value is -2.04. The highest BCUT2D eigenvalue weighted by Gasteiger charge is 2.04. The molecule has 0 spiro atoms. The predicted octanol–water partition coefficient (Wildman–Crippen LogP) is 1.25. The van der Waals surface area contributed by atoms with Gasteiger partial charge < -0.3 is 4.74 Å². The first kappa shape index (κ1) is 9.51. The summed E-state index contributed by atoms with van der Waals surface area (Å²) in [5, 5.41) is 15.1. The molecule has 1 aromatic carbocycles. The van der Waals surface area contributed by atoms with Crippen molar-refractivity contribution in [1.29, 1.82) is 0 Å². The first-order valence-electron chi connectivity index (χ1n) is 4.46. The average molecular weight is 202 g/mol. The summed E-state index contributed by atoms with van der Waals surface area (Å²) >= 11 is 0. The second-order valence-corrected chi connectivity index (χ2v) is 3.05. The molecule has 15 heavy (non-hydrogen) atoms. The van der Waals surface area contributed by atoms with Crippen molar-refractivity contribution in [1.82, 2.24) is 20.4 Å². The van der Waals surface area contributed by atoms with Gasteiger partial charge in [0.05, 0.1) is 7.11 Å². The van der Waals surface area contributed by atoms with Gasteiger partial charge in [0.2, 0.25) is 5.82 Å². The molecule has 2 rings (SSSR count). The number of methoxy groups -OCH3 is 1. The second kappa shape index (κ2) is 4.00. The highest BCUT2D eigenvalue weighted by atomic mass is 16.5. The van der Waals surface area contributed by atoms with Crippen LogP contribution < -0.4 is 4.74 Å². The number of hydrogen-bond acceptors (Lipinski definition) is 5. The van der Waals surface area contributed by atoms with Crippen molar-refractivity contribution in [3.8, 4) is 17.1 Å². The minimum atomic E-state index is 0.517. The zero-order valence-corrected chi connectivity index (χ0v) is 8.51. The monoisotopic (exact) mass is 202 g/mol. The molecular formula is C10H10N4O. The number of aryl methyl sites for hydroxylation is 1. The van der Waals surface area contributed by atoms with Crippen LogP contribution in [0.25, 0.3) is 11.4 Å². The highest BCUT2D eigenvalue weighted by Crippen LogP contribution is 2.22. The van der Waals surface area contributed by atoms with Crippen LogP contribution in [0.5, 0.6) is 5.75 Å². The summed E-state index contributed by atoms with van der Waals surface area (Å²) in [5.74, 6) is 1.36. The second-order valence-electron chi connectivity index (χ2n) is 3.05. The molecule has 0 fully saturated rings. The van der Waals surface area contributed by atoms with E-state index < -0.39 is 0 Å². The maximum atomic E-state index is 5.16. The molecular weight excluding hydrogens is 192 g/mol. The first-order chi connectivity index (χ1) is 7.31. The van der Waals surface area contributed by atoms with Crippen LogP contribution in [0.2, 0.25) is 0 Å². The summed E-state index contributed by atoms with van der Waals surface area (Å²) in [7, 11) is 1.64. The molecule has 5 nitrogen and oxygen atoms in total. The number of ether oxygens (including phenoxy) is 1. The molecule has 0 unspecified atom stereocenters. The lowest BCUT2D eigenvalue weighted by atomic mass is 10.1. The van der Waals surface area contributed by atoms with E-state index in [9.17, 15) is 0 Å². The van der Waals surface area contributed by atoms with E-state index in [4.69, 9.17) is 4.74 Å². The third-order valence-corrected chi connectivity index (χ3v) is 2.06. The van der Waals surface area contributed by atoms with Gasteiger partial charge in [0.1, 0.15) is 5.75 Å². The van der Waals surface area contributed by atoms with Gasteiger partial charge in [-0.2, -0.15) is 0 Å². The lowest BCUT2D eigenvalue weighted by Crippen LogP contribution is -1.95. The van der Waals surface area contributed by atoms with E-state index in [1.165, 1.54) is 6.33 Å². The quantitative estimate of drug-likeness (QED) is 0.733. The molecule has 0 amide bonds. The van der Waals surface area contributed by atoms with Crippen molar-refractivity contribution in [2.45, 2.75) is 6.92 Å². The molecule has 0 bridgehead atoms. The van der Waals surface area contributed by atoms with E-state index in [2.05, 4.69) is 20.4 Å². The topological polar surface area (TPSA) is 60.8 Å². The summed E-state index contributed by atoms with van der Waals surface area (Å²) in [4.78, 5) is 0. The molecule has 0 aliphatic rings. The smallest absolute Gasteiger partial charge is 0.203 e. The van der Waals surface area contributed by atoms with Gasteiger partial charge in [-0.05, 0) is 30.7 Å². The summed E-state index contributed by atoms with van der Waals surface area (Å²) < 4.78 is 5.16. The third-order valence-electron chi connectivity index (χ3n) is 2.06. The maximum Gasteiger partial charge on any atom is 0.203 e. The fourth-order valence-corrected chi connectivity index (χ4v) is 1.34. The minimum absolute atomic E-state index is 0.517. The Morgan fingerprint density at radius 2 is 1.87 bits per heavy atom. The third kappa shape index (κ3) is 1.90. The van der Waals surface area contributed by atoms with Crippen LogP contribution in [-0.2, 0) is 0 Å². The Morgan fingerprint density at radius 1 is 1.13 bits per heavy atom. The van der Waals surface area contributed by atoms with Crippen LogP contribution >= 0.6 is 0 Å². The molecule has 0 N–H and O–H groups in total. The molecule has 1 aromatic heterocycles. The van der Waals surface area contributed by atoms with E-state index >= 15 is 0 Å². The Balaban J connectivity index is 2.43. The Morgan fingerprint density at radius 3 is 2.47 bits per heavy atom. The Labute approximate surface area is 87.1 Å². The lowest BCUT2D eigenvalue weighted by molar-refractivity contribution is 0.412. The largest absolute Gasteiger partial charge is 0.496 e. The number of benzene rings is 1. The van der Waals surface area contributed by atoms with Crippen molar-refractivity contribution in [3.63, 3.8) is 0 Å². The van der Waals surface area contributed by atoms with Crippen LogP contribution in [-0.4, -0.2) is 27.5 Å². The van der Waals surface area contributed by atoms with E-state index in [1.807, 2.05) is 25.1 Å². The van der Waals surface area contributed by atoms with Crippen molar-refractivity contribution >= 4 is 0 Å². The molecule has 0 radical (unpaired) electrons. The summed E-state index contributed by atoms with van der Waals surface area (Å²) in [5.41, 5.74) is 1.91. The molecule has 2 aromatic rings. The molecule has 0 saturated heterocycles. The van der Waals surface area contributed by atoms with Crippen molar-refractivity contribution < 1.29 is 4.74 Å². The van der Waals surface area contributed by atoms with Crippen molar-refractivity contribution in [2.75, 3.05) is 7.11 Å². The number of nitrogens with zero attached hydrogens (tertiary/aromatic N) is 4. The number of rotatable bonds is 2. The van der Waals surface area contributed by atoms with Gasteiger partial charge in [0.15, 0.2) is 6.33 Å². The van der Waals surface area contributed by atoms with E-state index in [0.717, 1.165) is 16.9 Å². The summed E-state index contributed by atoms with van der Waals surface area (Å²) in [6.45, 7) is 1.96. The highest BCUT2D eigenvalue weighted by molar-refractivity contribution is 5.57. The lowest BCUT2D eigenvalue weighted by Gasteiger charge is -2.05. The fourth-order valence-electron chi connectivity index (χ4n) is 1.34. The van der Waals surface area contributed by atoms with Gasteiger partial charge in [-0.3, -0.25) is 0 Å². The summed E-state index contributed by atoms with van der Waals surface area (Å²) in [6, 6.07) is 5.70. The van der Waals surface area contributed by atoms with E-state index in [-0.39, 0.29) is 0 Å². The molecule has 0 atom stereocenters. The molecule has 0 saturated carbocycles. The first-order valence-corrected chi connectivity index (χ1v) is 4.46.